The van der Waals surface area contributed by atoms with Gasteiger partial charge in [-0.3, -0.25) is 4.21 Å². The Bertz CT molecular complexity index is 215. The van der Waals surface area contributed by atoms with Crippen molar-refractivity contribution in [2.24, 2.45) is 0 Å². The lowest BCUT2D eigenvalue weighted by Crippen LogP contribution is -2.45. The monoisotopic (exact) mass is 246 g/mol. The van der Waals surface area contributed by atoms with E-state index in [1.165, 1.54) is 32.5 Å². The normalized spacial score (nSPS) is 23.2. The molecular formula is C12H26N2OS. The molecule has 1 saturated heterocycles. The lowest BCUT2D eigenvalue weighted by Gasteiger charge is -2.33. The van der Waals surface area contributed by atoms with E-state index in [0.717, 1.165) is 12.2 Å². The SMILES string of the molecule is CCN1CCC(NC(C)CCS(C)=O)CC1. The Morgan fingerprint density at radius 3 is 2.56 bits per heavy atom. The molecule has 1 heterocycles. The number of nitrogens with zero attached hydrogens (tertiary/aromatic N) is 1. The van der Waals surface area contributed by atoms with Crippen molar-refractivity contribution in [3.05, 3.63) is 0 Å². The third kappa shape index (κ3) is 5.41. The third-order valence-corrected chi connectivity index (χ3v) is 4.20. The molecule has 1 aliphatic rings. The van der Waals surface area contributed by atoms with Crippen molar-refractivity contribution in [1.82, 2.24) is 10.2 Å². The van der Waals surface area contributed by atoms with E-state index < -0.39 is 10.8 Å². The molecule has 16 heavy (non-hydrogen) atoms. The van der Waals surface area contributed by atoms with Crippen LogP contribution >= 0.6 is 0 Å². The van der Waals surface area contributed by atoms with Crippen LogP contribution in [0.4, 0.5) is 0 Å². The second-order valence-corrected chi connectivity index (χ2v) is 6.40. The Hall–Kier alpha value is 0.0700. The third-order valence-electron chi connectivity index (χ3n) is 3.39. The zero-order valence-corrected chi connectivity index (χ0v) is 11.7. The number of likely N-dealkylation sites (tertiary alicyclic amines) is 1. The van der Waals surface area contributed by atoms with Crippen molar-refractivity contribution in [3.63, 3.8) is 0 Å². The molecule has 0 aliphatic carbocycles. The second-order valence-electron chi connectivity index (χ2n) is 4.84. The zero-order valence-electron chi connectivity index (χ0n) is 10.9. The molecule has 3 nitrogen and oxygen atoms in total. The van der Waals surface area contributed by atoms with Gasteiger partial charge in [-0.05, 0) is 45.8 Å². The van der Waals surface area contributed by atoms with E-state index in [1.54, 1.807) is 6.26 Å². The lowest BCUT2D eigenvalue weighted by molar-refractivity contribution is 0.199. The Balaban J connectivity index is 2.15. The van der Waals surface area contributed by atoms with Gasteiger partial charge in [0.05, 0.1) is 0 Å². The fourth-order valence-corrected chi connectivity index (χ4v) is 2.93. The van der Waals surface area contributed by atoms with E-state index in [4.69, 9.17) is 0 Å². The number of nitrogens with one attached hydrogen (secondary N) is 1. The average molecular weight is 246 g/mol. The summed E-state index contributed by atoms with van der Waals surface area (Å²) in [5.74, 6) is 0.821. The predicted molar refractivity (Wildman–Crippen MR) is 71.3 cm³/mol. The molecule has 4 heteroatoms. The highest BCUT2D eigenvalue weighted by molar-refractivity contribution is 7.84. The van der Waals surface area contributed by atoms with E-state index in [1.807, 2.05) is 0 Å². The van der Waals surface area contributed by atoms with E-state index in [2.05, 4.69) is 24.1 Å². The van der Waals surface area contributed by atoms with Gasteiger partial charge in [-0.25, -0.2) is 0 Å². The average Bonchev–Trinajstić information content (AvgIpc) is 2.27. The Labute approximate surface area is 102 Å². The van der Waals surface area contributed by atoms with E-state index in [-0.39, 0.29) is 0 Å². The molecule has 0 amide bonds. The number of rotatable bonds is 6. The molecule has 96 valence electrons. The van der Waals surface area contributed by atoms with Gasteiger partial charge >= 0.3 is 0 Å². The van der Waals surface area contributed by atoms with Gasteiger partial charge in [-0.15, -0.1) is 0 Å². The Morgan fingerprint density at radius 1 is 1.44 bits per heavy atom. The molecule has 1 fully saturated rings. The first-order valence-corrected chi connectivity index (χ1v) is 8.13. The summed E-state index contributed by atoms with van der Waals surface area (Å²) in [5.41, 5.74) is 0. The van der Waals surface area contributed by atoms with Gasteiger partial charge in [0, 0.05) is 34.9 Å². The first-order valence-electron chi connectivity index (χ1n) is 6.40. The highest BCUT2D eigenvalue weighted by atomic mass is 32.2. The Morgan fingerprint density at radius 2 is 2.06 bits per heavy atom. The molecule has 2 unspecified atom stereocenters. The van der Waals surface area contributed by atoms with Crippen molar-refractivity contribution >= 4 is 10.8 Å². The van der Waals surface area contributed by atoms with Gasteiger partial charge in [0.15, 0.2) is 0 Å². The molecule has 2 atom stereocenters. The molecule has 1 rings (SSSR count). The van der Waals surface area contributed by atoms with Crippen LogP contribution in [-0.2, 0) is 10.8 Å². The maximum Gasteiger partial charge on any atom is 0.0246 e. The van der Waals surface area contributed by atoms with Crippen LogP contribution in [0.2, 0.25) is 0 Å². The fraction of sp³-hybridized carbons (Fsp3) is 1.00. The summed E-state index contributed by atoms with van der Waals surface area (Å²) >= 11 is 0. The minimum Gasteiger partial charge on any atom is -0.311 e. The van der Waals surface area contributed by atoms with E-state index in [9.17, 15) is 4.21 Å². The van der Waals surface area contributed by atoms with E-state index in [0.29, 0.717) is 12.1 Å². The summed E-state index contributed by atoms with van der Waals surface area (Å²) in [6.45, 7) is 8.06. The van der Waals surface area contributed by atoms with Crippen LogP contribution in [0.3, 0.4) is 0 Å². The molecule has 0 aromatic carbocycles. The number of hydrogen-bond donors (Lipinski definition) is 1. The summed E-state index contributed by atoms with van der Waals surface area (Å²) in [5, 5.41) is 3.66. The summed E-state index contributed by atoms with van der Waals surface area (Å²) in [4.78, 5) is 2.50. The molecule has 0 radical (unpaired) electrons. The fourth-order valence-electron chi connectivity index (χ4n) is 2.24. The number of hydrogen-bond acceptors (Lipinski definition) is 3. The van der Waals surface area contributed by atoms with Gasteiger partial charge in [0.25, 0.3) is 0 Å². The molecule has 1 aliphatic heterocycles. The van der Waals surface area contributed by atoms with Gasteiger partial charge in [-0.2, -0.15) is 0 Å². The van der Waals surface area contributed by atoms with Crippen molar-refractivity contribution < 1.29 is 4.21 Å². The van der Waals surface area contributed by atoms with Crippen LogP contribution in [0.1, 0.15) is 33.1 Å². The molecule has 0 saturated carbocycles. The minimum atomic E-state index is -0.648. The quantitative estimate of drug-likeness (QED) is 0.765. The molecule has 0 aromatic heterocycles. The Kier molecular flexibility index (Phi) is 6.54. The maximum absolute atomic E-state index is 11.0. The second kappa shape index (κ2) is 7.41. The van der Waals surface area contributed by atoms with Crippen molar-refractivity contribution in [2.75, 3.05) is 31.6 Å². The highest BCUT2D eigenvalue weighted by Crippen LogP contribution is 2.11. The van der Waals surface area contributed by atoms with Gasteiger partial charge < -0.3 is 10.2 Å². The summed E-state index contributed by atoms with van der Waals surface area (Å²) in [6.07, 6.45) is 5.32. The first-order chi connectivity index (χ1) is 7.61. The van der Waals surface area contributed by atoms with Gasteiger partial charge in [-0.1, -0.05) is 6.92 Å². The van der Waals surface area contributed by atoms with Crippen LogP contribution < -0.4 is 5.32 Å². The first kappa shape index (κ1) is 14.1. The van der Waals surface area contributed by atoms with Crippen LogP contribution in [-0.4, -0.2) is 52.8 Å². The minimum absolute atomic E-state index is 0.502. The zero-order chi connectivity index (χ0) is 12.0. The van der Waals surface area contributed by atoms with Crippen LogP contribution in [0, 0.1) is 0 Å². The summed E-state index contributed by atoms with van der Waals surface area (Å²) in [6, 6.07) is 1.17. The van der Waals surface area contributed by atoms with Crippen molar-refractivity contribution in [3.8, 4) is 0 Å². The summed E-state index contributed by atoms with van der Waals surface area (Å²) in [7, 11) is -0.648. The molecule has 0 aromatic rings. The predicted octanol–water partition coefficient (Wildman–Crippen LogP) is 1.22. The van der Waals surface area contributed by atoms with Gasteiger partial charge in [0.2, 0.25) is 0 Å². The topological polar surface area (TPSA) is 32.3 Å². The standard InChI is InChI=1S/C12H26N2OS/c1-4-14-8-5-12(6-9-14)13-11(2)7-10-16(3)15/h11-13H,4-10H2,1-3H3. The highest BCUT2D eigenvalue weighted by Gasteiger charge is 2.19. The van der Waals surface area contributed by atoms with Crippen LogP contribution in [0.15, 0.2) is 0 Å². The molecule has 1 N–H and O–H groups in total. The smallest absolute Gasteiger partial charge is 0.0246 e. The van der Waals surface area contributed by atoms with Crippen molar-refractivity contribution in [1.29, 1.82) is 0 Å². The molecule has 0 spiro atoms. The lowest BCUT2D eigenvalue weighted by atomic mass is 10.0. The largest absolute Gasteiger partial charge is 0.311 e. The van der Waals surface area contributed by atoms with Gasteiger partial charge in [0.1, 0.15) is 0 Å². The van der Waals surface area contributed by atoms with Crippen LogP contribution in [0.25, 0.3) is 0 Å². The number of piperidine rings is 1. The van der Waals surface area contributed by atoms with E-state index >= 15 is 0 Å². The molecular weight excluding hydrogens is 220 g/mol. The van der Waals surface area contributed by atoms with Crippen molar-refractivity contribution in [2.45, 2.75) is 45.2 Å². The maximum atomic E-state index is 11.0. The van der Waals surface area contributed by atoms with Crippen LogP contribution in [0.5, 0.6) is 0 Å². The molecule has 0 bridgehead atoms. The summed E-state index contributed by atoms with van der Waals surface area (Å²) < 4.78 is 11.0.